The molecule has 0 spiro atoms. The van der Waals surface area contributed by atoms with E-state index in [1.165, 1.54) is 12.1 Å². The van der Waals surface area contributed by atoms with Crippen LogP contribution in [0.15, 0.2) is 28.8 Å². The molecule has 5 heteroatoms. The third-order valence-corrected chi connectivity index (χ3v) is 2.09. The Hall–Kier alpha value is -1.68. The van der Waals surface area contributed by atoms with Gasteiger partial charge < -0.3 is 15.4 Å². The minimum atomic E-state index is 0.0470. The summed E-state index contributed by atoms with van der Waals surface area (Å²) < 4.78 is 4.69. The van der Waals surface area contributed by atoms with E-state index in [1.54, 1.807) is 12.1 Å². The van der Waals surface area contributed by atoms with Gasteiger partial charge in [-0.2, -0.15) is 0 Å². The lowest BCUT2D eigenvalue weighted by molar-refractivity contribution is 0.437. The summed E-state index contributed by atoms with van der Waals surface area (Å²) in [4.78, 5) is 0. The lowest BCUT2D eigenvalue weighted by Crippen LogP contribution is -1.80. The highest BCUT2D eigenvalue weighted by atomic mass is 35.5. The first-order valence-corrected chi connectivity index (χ1v) is 4.26. The van der Waals surface area contributed by atoms with Crippen molar-refractivity contribution in [2.24, 2.45) is 0 Å². The molecule has 0 fully saturated rings. The van der Waals surface area contributed by atoms with E-state index in [4.69, 9.17) is 17.3 Å². The summed E-state index contributed by atoms with van der Waals surface area (Å²) in [5, 5.41) is 13.6. The summed E-state index contributed by atoms with van der Waals surface area (Å²) in [6.45, 7) is 0. The van der Waals surface area contributed by atoms with Crippen molar-refractivity contribution in [2.75, 3.05) is 5.73 Å². The van der Waals surface area contributed by atoms with E-state index in [-0.39, 0.29) is 11.6 Å². The predicted molar refractivity (Wildman–Crippen MR) is 53.0 cm³/mol. The molecule has 1 aromatic heterocycles. The standard InChI is InChI=1S/C9H7ClN2O2/c10-5-2-1-3-7(13)9(5)6-4-8(11)14-12-6/h1-4,13H,11H2. The molecule has 1 aromatic carbocycles. The summed E-state index contributed by atoms with van der Waals surface area (Å²) in [7, 11) is 0. The van der Waals surface area contributed by atoms with Crippen LogP contribution in [0, 0.1) is 0 Å². The minimum absolute atomic E-state index is 0.0470. The fourth-order valence-corrected chi connectivity index (χ4v) is 1.44. The molecular formula is C9H7ClN2O2. The van der Waals surface area contributed by atoms with E-state index in [9.17, 15) is 5.11 Å². The third-order valence-electron chi connectivity index (χ3n) is 1.78. The van der Waals surface area contributed by atoms with Gasteiger partial charge in [0.2, 0.25) is 5.88 Å². The summed E-state index contributed by atoms with van der Waals surface area (Å²) in [5.74, 6) is 0.227. The van der Waals surface area contributed by atoms with Crippen molar-refractivity contribution in [2.45, 2.75) is 0 Å². The van der Waals surface area contributed by atoms with Gasteiger partial charge in [-0.05, 0) is 12.1 Å². The van der Waals surface area contributed by atoms with Gasteiger partial charge >= 0.3 is 0 Å². The fourth-order valence-electron chi connectivity index (χ4n) is 1.17. The maximum absolute atomic E-state index is 9.55. The molecule has 0 saturated carbocycles. The van der Waals surface area contributed by atoms with Crippen LogP contribution in [0.25, 0.3) is 11.3 Å². The largest absolute Gasteiger partial charge is 0.507 e. The summed E-state index contributed by atoms with van der Waals surface area (Å²) in [6, 6.07) is 6.32. The highest BCUT2D eigenvalue weighted by Gasteiger charge is 2.12. The van der Waals surface area contributed by atoms with Crippen LogP contribution >= 0.6 is 11.6 Å². The Balaban J connectivity index is 2.61. The zero-order valence-electron chi connectivity index (χ0n) is 7.07. The Kier molecular flexibility index (Phi) is 2.05. The molecule has 0 aliphatic rings. The molecule has 0 amide bonds. The lowest BCUT2D eigenvalue weighted by Gasteiger charge is -2.01. The second-order valence-electron chi connectivity index (χ2n) is 2.75. The molecule has 0 radical (unpaired) electrons. The Morgan fingerprint density at radius 3 is 2.79 bits per heavy atom. The van der Waals surface area contributed by atoms with Crippen molar-refractivity contribution >= 4 is 17.5 Å². The molecule has 3 N–H and O–H groups in total. The Morgan fingerprint density at radius 2 is 2.21 bits per heavy atom. The molecular weight excluding hydrogens is 204 g/mol. The van der Waals surface area contributed by atoms with Crippen molar-refractivity contribution in [3.05, 3.63) is 29.3 Å². The molecule has 0 aliphatic heterocycles. The van der Waals surface area contributed by atoms with Gasteiger partial charge in [-0.15, -0.1) is 0 Å². The molecule has 4 nitrogen and oxygen atoms in total. The molecule has 0 bridgehead atoms. The monoisotopic (exact) mass is 210 g/mol. The second-order valence-corrected chi connectivity index (χ2v) is 3.16. The average Bonchev–Trinajstić information content (AvgIpc) is 2.51. The first-order valence-electron chi connectivity index (χ1n) is 3.88. The molecule has 0 unspecified atom stereocenters. The van der Waals surface area contributed by atoms with Crippen LogP contribution in [0.5, 0.6) is 5.75 Å². The first kappa shape index (κ1) is 8.90. The molecule has 1 heterocycles. The van der Waals surface area contributed by atoms with Crippen molar-refractivity contribution < 1.29 is 9.63 Å². The highest BCUT2D eigenvalue weighted by molar-refractivity contribution is 6.33. The summed E-state index contributed by atoms with van der Waals surface area (Å²) in [6.07, 6.45) is 0. The van der Waals surface area contributed by atoms with Gasteiger partial charge in [-0.1, -0.05) is 22.8 Å². The molecule has 2 rings (SSSR count). The number of nitrogens with two attached hydrogens (primary N) is 1. The number of nitrogen functional groups attached to an aromatic ring is 1. The zero-order chi connectivity index (χ0) is 10.1. The number of aromatic nitrogens is 1. The van der Waals surface area contributed by atoms with E-state index in [0.717, 1.165) is 0 Å². The zero-order valence-corrected chi connectivity index (χ0v) is 7.82. The van der Waals surface area contributed by atoms with Gasteiger partial charge in [-0.3, -0.25) is 0 Å². The highest BCUT2D eigenvalue weighted by Crippen LogP contribution is 2.35. The number of rotatable bonds is 1. The van der Waals surface area contributed by atoms with Gasteiger partial charge in [0.1, 0.15) is 11.4 Å². The normalized spacial score (nSPS) is 10.4. The quantitative estimate of drug-likeness (QED) is 0.758. The van der Waals surface area contributed by atoms with Crippen molar-refractivity contribution in [1.29, 1.82) is 0 Å². The van der Waals surface area contributed by atoms with Crippen molar-refractivity contribution in [1.82, 2.24) is 5.16 Å². The van der Waals surface area contributed by atoms with Gasteiger partial charge in [0.25, 0.3) is 0 Å². The Labute approximate surface area is 84.9 Å². The smallest absolute Gasteiger partial charge is 0.222 e. The Morgan fingerprint density at radius 1 is 1.43 bits per heavy atom. The average molecular weight is 211 g/mol. The van der Waals surface area contributed by atoms with Crippen LogP contribution in [0.3, 0.4) is 0 Å². The lowest BCUT2D eigenvalue weighted by atomic mass is 10.1. The van der Waals surface area contributed by atoms with Crippen molar-refractivity contribution in [3.63, 3.8) is 0 Å². The second kappa shape index (κ2) is 3.23. The van der Waals surface area contributed by atoms with Gasteiger partial charge in [0, 0.05) is 6.07 Å². The van der Waals surface area contributed by atoms with E-state index in [2.05, 4.69) is 9.68 Å². The van der Waals surface area contributed by atoms with E-state index in [1.807, 2.05) is 0 Å². The number of nitrogens with zero attached hydrogens (tertiary/aromatic N) is 1. The molecule has 14 heavy (non-hydrogen) atoms. The minimum Gasteiger partial charge on any atom is -0.507 e. The van der Waals surface area contributed by atoms with E-state index >= 15 is 0 Å². The number of hydrogen-bond acceptors (Lipinski definition) is 4. The van der Waals surface area contributed by atoms with Crippen LogP contribution in [-0.2, 0) is 0 Å². The SMILES string of the molecule is Nc1cc(-c2c(O)cccc2Cl)no1. The van der Waals surface area contributed by atoms with E-state index in [0.29, 0.717) is 16.3 Å². The number of hydrogen-bond donors (Lipinski definition) is 2. The van der Waals surface area contributed by atoms with Crippen LogP contribution in [0.1, 0.15) is 0 Å². The van der Waals surface area contributed by atoms with Gasteiger partial charge in [-0.25, -0.2) is 0 Å². The first-order chi connectivity index (χ1) is 6.68. The number of aromatic hydroxyl groups is 1. The Bertz CT molecular complexity index is 447. The molecule has 72 valence electrons. The van der Waals surface area contributed by atoms with Crippen LogP contribution in [-0.4, -0.2) is 10.3 Å². The van der Waals surface area contributed by atoms with Gasteiger partial charge in [0.05, 0.1) is 10.6 Å². The number of phenols is 1. The maximum Gasteiger partial charge on any atom is 0.222 e. The fraction of sp³-hybridized carbons (Fsp3) is 0. The van der Waals surface area contributed by atoms with Crippen LogP contribution in [0.2, 0.25) is 5.02 Å². The van der Waals surface area contributed by atoms with Gasteiger partial charge in [0.15, 0.2) is 0 Å². The molecule has 0 saturated heterocycles. The van der Waals surface area contributed by atoms with Crippen LogP contribution in [0.4, 0.5) is 5.88 Å². The number of halogens is 1. The molecule has 2 aromatic rings. The number of benzene rings is 1. The predicted octanol–water partition coefficient (Wildman–Crippen LogP) is 2.28. The number of anilines is 1. The molecule has 0 aliphatic carbocycles. The molecule has 0 atom stereocenters. The number of phenolic OH excluding ortho intramolecular Hbond substituents is 1. The summed E-state index contributed by atoms with van der Waals surface area (Å²) in [5.41, 5.74) is 6.21. The van der Waals surface area contributed by atoms with E-state index < -0.39 is 0 Å². The topological polar surface area (TPSA) is 72.3 Å². The third kappa shape index (κ3) is 1.40. The maximum atomic E-state index is 9.55. The van der Waals surface area contributed by atoms with Crippen LogP contribution < -0.4 is 5.73 Å². The van der Waals surface area contributed by atoms with Crippen molar-refractivity contribution in [3.8, 4) is 17.0 Å². The summed E-state index contributed by atoms with van der Waals surface area (Å²) >= 11 is 5.89.